The molecular weight excluding hydrogens is 919 g/mol. The van der Waals surface area contributed by atoms with Crippen LogP contribution in [0.25, 0.3) is 0 Å². The maximum atomic E-state index is 14.4. The third-order valence-electron chi connectivity index (χ3n) is 19.9. The van der Waals surface area contributed by atoms with Gasteiger partial charge in [-0.2, -0.15) is 0 Å². The largest absolute Gasteiger partial charge is 0.480 e. The lowest BCUT2D eigenvalue weighted by Crippen LogP contribution is -2.67. The second kappa shape index (κ2) is 19.6. The Labute approximate surface area is 409 Å². The number of ether oxygens (including phenoxy) is 6. The number of aliphatic hydroxyl groups excluding tert-OH is 10. The molecule has 7 fully saturated rings. The highest BCUT2D eigenvalue weighted by Crippen LogP contribution is 2.76. The summed E-state index contributed by atoms with van der Waals surface area (Å²) in [5, 5.41) is 119. The Morgan fingerprint density at radius 3 is 2.04 bits per heavy atom. The molecule has 4 saturated carbocycles. The molecule has 3 heterocycles. The summed E-state index contributed by atoms with van der Waals surface area (Å²) in [6.45, 7) is 13.0. The van der Waals surface area contributed by atoms with Gasteiger partial charge in [-0.15, -0.1) is 0 Å². The van der Waals surface area contributed by atoms with Crippen molar-refractivity contribution < 1.29 is 94.2 Å². The molecule has 0 aromatic carbocycles. The van der Waals surface area contributed by atoms with Crippen molar-refractivity contribution in [1.29, 1.82) is 0 Å². The van der Waals surface area contributed by atoms with Gasteiger partial charge in [-0.1, -0.05) is 53.2 Å². The van der Waals surface area contributed by atoms with Gasteiger partial charge in [0, 0.05) is 5.41 Å². The van der Waals surface area contributed by atoms with Crippen LogP contribution in [-0.2, 0) is 38.0 Å². The summed E-state index contributed by atoms with van der Waals surface area (Å²) in [6.07, 6.45) is -12.8. The topological polar surface area (TPSA) is 324 Å². The molecule has 5 aliphatic carbocycles. The van der Waals surface area contributed by atoms with Crippen molar-refractivity contribution in [3.05, 3.63) is 11.6 Å². The molecule has 70 heavy (non-hydrogen) atoms. The number of carbonyl (C=O) groups excluding carboxylic acids is 1. The molecule has 8 aliphatic rings. The molecule has 3 saturated heterocycles. The van der Waals surface area contributed by atoms with E-state index in [1.807, 2.05) is 6.92 Å². The standard InChI is InChI=1S/C50H81NO19/c1-23-32(55)35(58)37(60)41(66-23)70-39-34(57)28(68-42-38(61)36(59)33(56)27(20-53)67-42)21-65-43(39)69-31-11-12-46(4)29(47(31,5)22-54)10-13-49(7)30(46)9-8-24-25-18-45(2,3)14-16-50(25,17-15-48(24,49)6)44(64)51-26(19-52)40(62)63/h8,23,25-39,41-43,52-61H,9-22H2,1-7H3,(H,51,64)(H,62,63)/t23-,25-,26+,27+,28-,29+,30+,31-,32-,33+,34-,35+,36-,37+,38+,39+,41-,42-,43-,46-,47-,48+,49+,50-/m0/s1. The van der Waals surface area contributed by atoms with Crippen LogP contribution in [0.4, 0.5) is 0 Å². The molecule has 400 valence electrons. The van der Waals surface area contributed by atoms with Gasteiger partial charge in [-0.25, -0.2) is 4.79 Å². The number of carboxylic acids is 1. The number of hydrogen-bond donors (Lipinski definition) is 12. The average Bonchev–Trinajstić information content (AvgIpc) is 3.31. The first-order valence-corrected chi connectivity index (χ1v) is 25.5. The van der Waals surface area contributed by atoms with Crippen LogP contribution in [0.3, 0.4) is 0 Å². The van der Waals surface area contributed by atoms with Gasteiger partial charge >= 0.3 is 5.97 Å². The predicted octanol–water partition coefficient (Wildman–Crippen LogP) is -0.178. The first-order chi connectivity index (χ1) is 32.8. The Hall–Kier alpha value is -1.96. The van der Waals surface area contributed by atoms with Crippen molar-refractivity contribution in [2.75, 3.05) is 26.4 Å². The van der Waals surface area contributed by atoms with Crippen molar-refractivity contribution in [2.24, 2.45) is 50.2 Å². The van der Waals surface area contributed by atoms with Gasteiger partial charge in [0.2, 0.25) is 5.91 Å². The highest BCUT2D eigenvalue weighted by molar-refractivity contribution is 5.88. The lowest BCUT2D eigenvalue weighted by molar-refractivity contribution is -0.381. The molecule has 0 aromatic heterocycles. The van der Waals surface area contributed by atoms with Crippen LogP contribution >= 0.6 is 0 Å². The van der Waals surface area contributed by atoms with Crippen LogP contribution in [0.1, 0.15) is 113 Å². The summed E-state index contributed by atoms with van der Waals surface area (Å²) in [4.78, 5) is 26.4. The number of aliphatic hydroxyl groups is 10. The minimum absolute atomic E-state index is 0.0504. The molecule has 8 rings (SSSR count). The van der Waals surface area contributed by atoms with E-state index in [1.54, 1.807) is 0 Å². The van der Waals surface area contributed by atoms with Crippen molar-refractivity contribution in [1.82, 2.24) is 5.32 Å². The van der Waals surface area contributed by atoms with E-state index >= 15 is 0 Å². The third-order valence-corrected chi connectivity index (χ3v) is 19.9. The summed E-state index contributed by atoms with van der Waals surface area (Å²) >= 11 is 0. The van der Waals surface area contributed by atoms with Crippen molar-refractivity contribution >= 4 is 11.9 Å². The van der Waals surface area contributed by atoms with E-state index in [2.05, 4.69) is 46.0 Å². The number of aliphatic carboxylic acids is 1. The van der Waals surface area contributed by atoms with E-state index < -0.39 is 128 Å². The quantitative estimate of drug-likeness (QED) is 0.0892. The van der Waals surface area contributed by atoms with E-state index in [4.69, 9.17) is 28.4 Å². The fraction of sp³-hybridized carbons (Fsp3) is 0.920. The maximum Gasteiger partial charge on any atom is 0.328 e. The number of hydrogen-bond acceptors (Lipinski definition) is 18. The molecule has 20 nitrogen and oxygen atoms in total. The SMILES string of the molecule is C[C@@H]1O[C@@H](O[C@H]2[C@H](O[C@H]3CC[C@@]4(C)[C@@H](CC[C@]5(C)[C@@H]4CC=C4[C@@H]6CC(C)(C)CC[C@]6(C(=O)N[C@H](CO)C(=O)O)CC[C@]45C)[C@]3(C)CO)OC[C@H](O[C@@H]3O[C@H](CO)[C@@H](O)[C@H](O)[C@H]3O)[C@@H]2O)[C@H](O)[C@H](O)[C@H]1O. The normalized spacial score (nSPS) is 51.6. The Bertz CT molecular complexity index is 1940. The Balaban J connectivity index is 1.06. The van der Waals surface area contributed by atoms with E-state index in [0.717, 1.165) is 38.5 Å². The molecule has 0 bridgehead atoms. The highest BCUT2D eigenvalue weighted by atomic mass is 16.8. The van der Waals surface area contributed by atoms with E-state index in [1.165, 1.54) is 12.5 Å². The summed E-state index contributed by atoms with van der Waals surface area (Å²) in [5.74, 6) is -1.59. The van der Waals surface area contributed by atoms with Crippen molar-refractivity contribution in [2.45, 2.75) is 211 Å². The molecule has 12 N–H and O–H groups in total. The van der Waals surface area contributed by atoms with Crippen LogP contribution in [-0.4, -0.2) is 193 Å². The van der Waals surface area contributed by atoms with Crippen LogP contribution in [0.2, 0.25) is 0 Å². The molecule has 0 aromatic rings. The summed E-state index contributed by atoms with van der Waals surface area (Å²) in [6, 6.07) is -1.39. The monoisotopic (exact) mass is 1000 g/mol. The highest BCUT2D eigenvalue weighted by Gasteiger charge is 2.70. The van der Waals surface area contributed by atoms with Gasteiger partial charge in [-0.05, 0) is 111 Å². The van der Waals surface area contributed by atoms with E-state index in [0.29, 0.717) is 25.7 Å². The summed E-state index contributed by atoms with van der Waals surface area (Å²) in [7, 11) is 0. The number of nitrogens with one attached hydrogen (secondary N) is 1. The molecular formula is C50H81NO19. The fourth-order valence-electron chi connectivity index (χ4n) is 15.3. The smallest absolute Gasteiger partial charge is 0.328 e. The zero-order valence-corrected chi connectivity index (χ0v) is 41.6. The Kier molecular flexibility index (Phi) is 15.2. The summed E-state index contributed by atoms with van der Waals surface area (Å²) in [5.41, 5.74) is -1.26. The molecule has 0 radical (unpaired) electrons. The van der Waals surface area contributed by atoms with Gasteiger partial charge in [-0.3, -0.25) is 4.79 Å². The first-order valence-electron chi connectivity index (χ1n) is 25.5. The van der Waals surface area contributed by atoms with Crippen molar-refractivity contribution in [3.8, 4) is 0 Å². The van der Waals surface area contributed by atoms with Crippen LogP contribution < -0.4 is 5.32 Å². The van der Waals surface area contributed by atoms with Crippen LogP contribution in [0.15, 0.2) is 11.6 Å². The second-order valence-corrected chi connectivity index (χ2v) is 24.1. The molecule has 0 spiro atoms. The fourth-order valence-corrected chi connectivity index (χ4v) is 15.3. The first kappa shape index (κ1) is 54.3. The summed E-state index contributed by atoms with van der Waals surface area (Å²) < 4.78 is 36.6. The van der Waals surface area contributed by atoms with Crippen molar-refractivity contribution in [3.63, 3.8) is 0 Å². The number of amides is 1. The van der Waals surface area contributed by atoms with Gasteiger partial charge in [0.05, 0.1) is 44.1 Å². The minimum Gasteiger partial charge on any atom is -0.480 e. The number of carboxylic acid groups (broad SMARTS) is 1. The third kappa shape index (κ3) is 8.72. The van der Waals surface area contributed by atoms with Crippen LogP contribution in [0, 0.1) is 50.2 Å². The maximum absolute atomic E-state index is 14.4. The van der Waals surface area contributed by atoms with Crippen LogP contribution in [0.5, 0.6) is 0 Å². The molecule has 24 atom stereocenters. The zero-order chi connectivity index (χ0) is 51.3. The molecule has 0 unspecified atom stereocenters. The zero-order valence-electron chi connectivity index (χ0n) is 41.6. The lowest BCUT2D eigenvalue weighted by Gasteiger charge is -2.71. The molecule has 1 amide bonds. The number of rotatable bonds is 12. The minimum atomic E-state index is -1.80. The Morgan fingerprint density at radius 2 is 1.40 bits per heavy atom. The van der Waals surface area contributed by atoms with E-state index in [-0.39, 0.29) is 58.5 Å². The lowest BCUT2D eigenvalue weighted by atomic mass is 9.33. The average molecular weight is 1000 g/mol. The van der Waals surface area contributed by atoms with Gasteiger partial charge in [0.1, 0.15) is 67.1 Å². The van der Waals surface area contributed by atoms with Gasteiger partial charge in [0.25, 0.3) is 0 Å². The van der Waals surface area contributed by atoms with Gasteiger partial charge < -0.3 is 89.9 Å². The predicted molar refractivity (Wildman–Crippen MR) is 244 cm³/mol. The molecule has 20 heteroatoms. The van der Waals surface area contributed by atoms with E-state index in [9.17, 15) is 65.8 Å². The molecule has 3 aliphatic heterocycles. The number of carbonyl (C=O) groups is 2. The van der Waals surface area contributed by atoms with Gasteiger partial charge in [0.15, 0.2) is 18.9 Å². The number of fused-ring (bicyclic) bond motifs is 7. The second-order valence-electron chi connectivity index (χ2n) is 24.1. The number of allylic oxidation sites excluding steroid dienone is 2. The Morgan fingerprint density at radius 1 is 0.743 bits per heavy atom.